The highest BCUT2D eigenvalue weighted by Crippen LogP contribution is 2.05. The van der Waals surface area contributed by atoms with E-state index >= 15 is 0 Å². The lowest BCUT2D eigenvalue weighted by Gasteiger charge is -2.05. The maximum atomic E-state index is 11.4. The van der Waals surface area contributed by atoms with Gasteiger partial charge >= 0.3 is 13.1 Å². The van der Waals surface area contributed by atoms with E-state index in [0.717, 1.165) is 0 Å². The average Bonchev–Trinajstić information content (AvgIpc) is 2.28. The molecular formula is C10H10BNO4. The zero-order valence-corrected chi connectivity index (χ0v) is 8.67. The molecule has 0 atom stereocenters. The van der Waals surface area contributed by atoms with E-state index in [1.54, 1.807) is 6.92 Å². The summed E-state index contributed by atoms with van der Waals surface area (Å²) in [5.74, 6) is -0.596. The number of nitriles is 1. The lowest BCUT2D eigenvalue weighted by atomic mass is 9.78. The molecule has 0 amide bonds. The number of hydrogen-bond acceptors (Lipinski definition) is 5. The molecule has 2 N–H and O–H groups in total. The van der Waals surface area contributed by atoms with Gasteiger partial charge in [-0.3, -0.25) is 0 Å². The third-order valence-electron chi connectivity index (χ3n) is 1.89. The molecule has 16 heavy (non-hydrogen) atoms. The Labute approximate surface area is 93.0 Å². The number of ether oxygens (including phenoxy) is 1. The van der Waals surface area contributed by atoms with Gasteiger partial charge in [0.15, 0.2) is 0 Å². The smallest absolute Gasteiger partial charge is 0.462 e. The minimum absolute atomic E-state index is 0.0853. The van der Waals surface area contributed by atoms with E-state index in [9.17, 15) is 4.79 Å². The Bertz CT molecular complexity index is 439. The van der Waals surface area contributed by atoms with Crippen LogP contribution in [0, 0.1) is 11.3 Å². The first-order chi connectivity index (χ1) is 7.58. The standard InChI is InChI=1S/C10H10BNO4/c1-2-16-10(13)8-3-7(6-12)4-9(5-8)11(14)15/h3-5,14-15H,2H2,1H3. The van der Waals surface area contributed by atoms with Gasteiger partial charge in [0, 0.05) is 0 Å². The Morgan fingerprint density at radius 2 is 2.19 bits per heavy atom. The molecule has 1 rings (SSSR count). The maximum Gasteiger partial charge on any atom is 0.488 e. The lowest BCUT2D eigenvalue weighted by Crippen LogP contribution is -2.31. The minimum Gasteiger partial charge on any atom is -0.462 e. The van der Waals surface area contributed by atoms with Crippen molar-refractivity contribution in [1.82, 2.24) is 0 Å². The highest BCUT2D eigenvalue weighted by atomic mass is 16.5. The molecule has 0 aliphatic heterocycles. The normalized spacial score (nSPS) is 9.38. The van der Waals surface area contributed by atoms with Gasteiger partial charge in [0.25, 0.3) is 0 Å². The van der Waals surface area contributed by atoms with Crippen LogP contribution in [-0.4, -0.2) is 29.7 Å². The fourth-order valence-corrected chi connectivity index (χ4v) is 1.20. The number of esters is 1. The van der Waals surface area contributed by atoms with Gasteiger partial charge in [-0.1, -0.05) is 0 Å². The summed E-state index contributed by atoms with van der Waals surface area (Å²) in [6, 6.07) is 5.75. The molecule has 0 saturated heterocycles. The first-order valence-corrected chi connectivity index (χ1v) is 4.66. The van der Waals surface area contributed by atoms with Crippen molar-refractivity contribution in [3.63, 3.8) is 0 Å². The van der Waals surface area contributed by atoms with E-state index in [2.05, 4.69) is 0 Å². The fraction of sp³-hybridized carbons (Fsp3) is 0.200. The van der Waals surface area contributed by atoms with Crippen molar-refractivity contribution < 1.29 is 19.6 Å². The number of hydrogen-bond donors (Lipinski definition) is 2. The summed E-state index contributed by atoms with van der Waals surface area (Å²) < 4.78 is 4.75. The second-order valence-electron chi connectivity index (χ2n) is 3.05. The van der Waals surface area contributed by atoms with Crippen LogP contribution in [0.3, 0.4) is 0 Å². The van der Waals surface area contributed by atoms with Crippen LogP contribution in [0.15, 0.2) is 18.2 Å². The molecule has 5 nitrogen and oxygen atoms in total. The lowest BCUT2D eigenvalue weighted by molar-refractivity contribution is 0.0526. The summed E-state index contributed by atoms with van der Waals surface area (Å²) in [4.78, 5) is 11.4. The Hall–Kier alpha value is -1.84. The first kappa shape index (κ1) is 12.2. The molecule has 6 heteroatoms. The van der Waals surface area contributed by atoms with Crippen molar-refractivity contribution in [2.75, 3.05) is 6.61 Å². The Kier molecular flexibility index (Phi) is 4.06. The SMILES string of the molecule is CCOC(=O)c1cc(C#N)cc(B(O)O)c1. The van der Waals surface area contributed by atoms with Gasteiger partial charge in [0.2, 0.25) is 0 Å². The van der Waals surface area contributed by atoms with Gasteiger partial charge in [-0.05, 0) is 30.6 Å². The summed E-state index contributed by atoms with van der Waals surface area (Å²) >= 11 is 0. The zero-order chi connectivity index (χ0) is 12.1. The molecule has 0 spiro atoms. The van der Waals surface area contributed by atoms with Gasteiger partial charge < -0.3 is 14.8 Å². The maximum absolute atomic E-state index is 11.4. The van der Waals surface area contributed by atoms with Crippen molar-refractivity contribution in [2.24, 2.45) is 0 Å². The van der Waals surface area contributed by atoms with Crippen molar-refractivity contribution in [3.05, 3.63) is 29.3 Å². The molecule has 0 radical (unpaired) electrons. The molecule has 0 heterocycles. The summed E-state index contributed by atoms with van der Waals surface area (Å²) in [7, 11) is -1.72. The molecule has 0 saturated carbocycles. The van der Waals surface area contributed by atoms with Crippen LogP contribution in [0.25, 0.3) is 0 Å². The van der Waals surface area contributed by atoms with E-state index in [-0.39, 0.29) is 23.2 Å². The molecule has 1 aromatic rings. The van der Waals surface area contributed by atoms with Gasteiger partial charge in [-0.2, -0.15) is 5.26 Å². The fourth-order valence-electron chi connectivity index (χ4n) is 1.20. The summed E-state index contributed by atoms with van der Waals surface area (Å²) in [6.07, 6.45) is 0. The van der Waals surface area contributed by atoms with Gasteiger partial charge in [0.05, 0.1) is 23.8 Å². The van der Waals surface area contributed by atoms with Crippen LogP contribution in [-0.2, 0) is 4.74 Å². The molecule has 0 aliphatic carbocycles. The van der Waals surface area contributed by atoms with Crippen molar-refractivity contribution in [1.29, 1.82) is 5.26 Å². The molecule has 0 aliphatic rings. The first-order valence-electron chi connectivity index (χ1n) is 4.66. The van der Waals surface area contributed by atoms with Crippen LogP contribution in [0.1, 0.15) is 22.8 Å². The topological polar surface area (TPSA) is 90.6 Å². The molecule has 0 aromatic heterocycles. The summed E-state index contributed by atoms with van der Waals surface area (Å²) in [6.45, 7) is 1.88. The van der Waals surface area contributed by atoms with Crippen LogP contribution in [0.5, 0.6) is 0 Å². The molecule has 0 bridgehead atoms. The molecule has 0 unspecified atom stereocenters. The summed E-state index contributed by atoms with van der Waals surface area (Å²) in [5, 5.41) is 26.7. The third-order valence-corrected chi connectivity index (χ3v) is 1.89. The van der Waals surface area contributed by atoms with E-state index in [0.29, 0.717) is 0 Å². The molecule has 0 fully saturated rings. The molecule has 82 valence electrons. The zero-order valence-electron chi connectivity index (χ0n) is 8.67. The highest BCUT2D eigenvalue weighted by molar-refractivity contribution is 6.58. The van der Waals surface area contributed by atoms with Crippen LogP contribution in [0.2, 0.25) is 0 Å². The van der Waals surface area contributed by atoms with Crippen molar-refractivity contribution in [2.45, 2.75) is 6.92 Å². The second kappa shape index (κ2) is 5.30. The van der Waals surface area contributed by atoms with Crippen LogP contribution >= 0.6 is 0 Å². The molecule has 1 aromatic carbocycles. The quantitative estimate of drug-likeness (QED) is 0.524. The number of carbonyl (C=O) groups is 1. The van der Waals surface area contributed by atoms with E-state index in [1.165, 1.54) is 18.2 Å². The van der Waals surface area contributed by atoms with Crippen LogP contribution in [0.4, 0.5) is 0 Å². The predicted molar refractivity (Wildman–Crippen MR) is 56.9 cm³/mol. The van der Waals surface area contributed by atoms with Crippen LogP contribution < -0.4 is 5.46 Å². The van der Waals surface area contributed by atoms with E-state index < -0.39 is 13.1 Å². The number of rotatable bonds is 3. The number of benzene rings is 1. The highest BCUT2D eigenvalue weighted by Gasteiger charge is 2.16. The number of nitrogens with zero attached hydrogens (tertiary/aromatic N) is 1. The van der Waals surface area contributed by atoms with Crippen molar-refractivity contribution >= 4 is 18.6 Å². The van der Waals surface area contributed by atoms with Crippen molar-refractivity contribution in [3.8, 4) is 6.07 Å². The minimum atomic E-state index is -1.72. The third kappa shape index (κ3) is 2.83. The Morgan fingerprint density at radius 3 is 2.69 bits per heavy atom. The van der Waals surface area contributed by atoms with Gasteiger partial charge in [0.1, 0.15) is 0 Å². The second-order valence-corrected chi connectivity index (χ2v) is 3.05. The monoisotopic (exact) mass is 219 g/mol. The van der Waals surface area contributed by atoms with Gasteiger partial charge in [-0.15, -0.1) is 0 Å². The van der Waals surface area contributed by atoms with E-state index in [1.807, 2.05) is 6.07 Å². The Morgan fingerprint density at radius 1 is 1.50 bits per heavy atom. The Balaban J connectivity index is 3.15. The number of carbonyl (C=O) groups excluding carboxylic acids is 1. The molecular weight excluding hydrogens is 209 g/mol. The summed E-state index contributed by atoms with van der Waals surface area (Å²) in [5.41, 5.74) is 0.389. The largest absolute Gasteiger partial charge is 0.488 e. The van der Waals surface area contributed by atoms with Gasteiger partial charge in [-0.25, -0.2) is 4.79 Å². The van der Waals surface area contributed by atoms with E-state index in [4.69, 9.17) is 20.0 Å². The average molecular weight is 219 g/mol. The predicted octanol–water partition coefficient (Wildman–Crippen LogP) is -0.585.